The summed E-state index contributed by atoms with van der Waals surface area (Å²) < 4.78 is 5.53. The zero-order valence-corrected chi connectivity index (χ0v) is 11.0. The number of aryl methyl sites for hydroxylation is 1. The van der Waals surface area contributed by atoms with Gasteiger partial charge < -0.3 is 14.9 Å². The maximum absolute atomic E-state index is 11.1. The fraction of sp³-hybridized carbons (Fsp3) is 0.500. The number of aliphatic carboxylic acids is 1. The number of benzene rings is 1. The molecule has 2 unspecified atom stereocenters. The van der Waals surface area contributed by atoms with Gasteiger partial charge in [-0.1, -0.05) is 25.5 Å². The van der Waals surface area contributed by atoms with Crippen LogP contribution in [0.25, 0.3) is 0 Å². The van der Waals surface area contributed by atoms with Crippen LogP contribution < -0.4 is 4.74 Å². The number of carbonyl (C=O) groups is 1. The average molecular weight is 252 g/mol. The number of aliphatic hydroxyl groups excluding tert-OH is 1. The Kier molecular flexibility index (Phi) is 5.16. The second-order valence-corrected chi connectivity index (χ2v) is 4.45. The van der Waals surface area contributed by atoms with Gasteiger partial charge >= 0.3 is 5.97 Å². The van der Waals surface area contributed by atoms with Crippen LogP contribution in [-0.2, 0) is 4.79 Å². The standard InChI is InChI=1S/C14H20O4/c1-4-5-12(14(16)17)18-13-8-9(2)6-7-11(13)10(3)15/h6-8,10,12,15H,4-5H2,1-3H3,(H,16,17). The van der Waals surface area contributed by atoms with Crippen molar-refractivity contribution in [2.45, 2.75) is 45.8 Å². The minimum absolute atomic E-state index is 0.447. The Morgan fingerprint density at radius 1 is 1.44 bits per heavy atom. The Balaban J connectivity index is 3.00. The molecule has 0 aromatic heterocycles. The highest BCUT2D eigenvalue weighted by molar-refractivity contribution is 5.72. The van der Waals surface area contributed by atoms with Gasteiger partial charge in [0.15, 0.2) is 6.10 Å². The topological polar surface area (TPSA) is 66.8 Å². The third kappa shape index (κ3) is 3.74. The third-order valence-electron chi connectivity index (χ3n) is 2.71. The average Bonchev–Trinajstić information content (AvgIpc) is 2.28. The summed E-state index contributed by atoms with van der Waals surface area (Å²) in [4.78, 5) is 11.1. The molecule has 18 heavy (non-hydrogen) atoms. The molecular weight excluding hydrogens is 232 g/mol. The first-order valence-corrected chi connectivity index (χ1v) is 6.13. The van der Waals surface area contributed by atoms with E-state index in [1.165, 1.54) is 0 Å². The second-order valence-electron chi connectivity index (χ2n) is 4.45. The van der Waals surface area contributed by atoms with Crippen molar-refractivity contribution in [2.75, 3.05) is 0 Å². The molecule has 0 radical (unpaired) electrons. The number of carboxylic acids is 1. The highest BCUT2D eigenvalue weighted by Crippen LogP contribution is 2.27. The van der Waals surface area contributed by atoms with Crippen LogP contribution in [-0.4, -0.2) is 22.3 Å². The van der Waals surface area contributed by atoms with Crippen molar-refractivity contribution in [1.29, 1.82) is 0 Å². The molecule has 1 aromatic carbocycles. The molecule has 0 amide bonds. The van der Waals surface area contributed by atoms with Crippen LogP contribution >= 0.6 is 0 Å². The van der Waals surface area contributed by atoms with Crippen molar-refractivity contribution >= 4 is 5.97 Å². The molecule has 0 saturated carbocycles. The number of hydrogen-bond donors (Lipinski definition) is 2. The summed E-state index contributed by atoms with van der Waals surface area (Å²) in [6.07, 6.45) is -0.374. The molecule has 0 aliphatic carbocycles. The second kappa shape index (κ2) is 6.40. The summed E-state index contributed by atoms with van der Waals surface area (Å²) in [5.41, 5.74) is 1.58. The normalized spacial score (nSPS) is 14.0. The highest BCUT2D eigenvalue weighted by atomic mass is 16.5. The van der Waals surface area contributed by atoms with Gasteiger partial charge in [-0.2, -0.15) is 0 Å². The van der Waals surface area contributed by atoms with Crippen molar-refractivity contribution in [2.24, 2.45) is 0 Å². The molecule has 4 nitrogen and oxygen atoms in total. The summed E-state index contributed by atoms with van der Waals surface area (Å²) in [5, 5.41) is 18.7. The Bertz CT molecular complexity index is 412. The Morgan fingerprint density at radius 2 is 2.11 bits per heavy atom. The minimum atomic E-state index is -0.977. The van der Waals surface area contributed by atoms with Crippen molar-refractivity contribution in [3.8, 4) is 5.75 Å². The van der Waals surface area contributed by atoms with E-state index in [1.807, 2.05) is 19.9 Å². The zero-order valence-electron chi connectivity index (χ0n) is 11.0. The quantitative estimate of drug-likeness (QED) is 0.816. The molecule has 0 heterocycles. The fourth-order valence-electron chi connectivity index (χ4n) is 1.74. The van der Waals surface area contributed by atoms with E-state index in [-0.39, 0.29) is 0 Å². The van der Waals surface area contributed by atoms with Gasteiger partial charge in [-0.15, -0.1) is 0 Å². The summed E-state index contributed by atoms with van der Waals surface area (Å²) in [5.74, 6) is -0.527. The molecule has 4 heteroatoms. The van der Waals surface area contributed by atoms with E-state index in [4.69, 9.17) is 9.84 Å². The van der Waals surface area contributed by atoms with E-state index in [0.29, 0.717) is 17.7 Å². The summed E-state index contributed by atoms with van der Waals surface area (Å²) in [7, 11) is 0. The molecule has 0 saturated heterocycles. The molecule has 0 aliphatic rings. The van der Waals surface area contributed by atoms with Crippen LogP contribution in [0, 0.1) is 6.92 Å². The lowest BCUT2D eigenvalue weighted by Gasteiger charge is -2.19. The molecule has 2 atom stereocenters. The number of hydrogen-bond acceptors (Lipinski definition) is 3. The van der Waals surface area contributed by atoms with Gasteiger partial charge in [0.05, 0.1) is 6.10 Å². The van der Waals surface area contributed by atoms with Crippen LogP contribution in [0.15, 0.2) is 18.2 Å². The minimum Gasteiger partial charge on any atom is -0.479 e. The number of ether oxygens (including phenoxy) is 1. The number of rotatable bonds is 6. The molecule has 0 spiro atoms. The fourth-order valence-corrected chi connectivity index (χ4v) is 1.74. The molecule has 0 aliphatic heterocycles. The Morgan fingerprint density at radius 3 is 2.61 bits per heavy atom. The maximum Gasteiger partial charge on any atom is 0.344 e. The van der Waals surface area contributed by atoms with Crippen LogP contribution in [0.3, 0.4) is 0 Å². The van der Waals surface area contributed by atoms with Crippen molar-refractivity contribution in [1.82, 2.24) is 0 Å². The summed E-state index contributed by atoms with van der Waals surface area (Å²) >= 11 is 0. The number of carboxylic acid groups (broad SMARTS) is 1. The molecule has 100 valence electrons. The molecule has 0 bridgehead atoms. The van der Waals surface area contributed by atoms with Crippen molar-refractivity contribution in [3.63, 3.8) is 0 Å². The van der Waals surface area contributed by atoms with Gasteiger partial charge in [0.1, 0.15) is 5.75 Å². The predicted molar refractivity (Wildman–Crippen MR) is 68.8 cm³/mol. The maximum atomic E-state index is 11.1. The van der Waals surface area contributed by atoms with Crippen LogP contribution in [0.4, 0.5) is 0 Å². The molecule has 1 rings (SSSR count). The van der Waals surface area contributed by atoms with E-state index in [0.717, 1.165) is 12.0 Å². The van der Waals surface area contributed by atoms with Crippen LogP contribution in [0.1, 0.15) is 43.9 Å². The number of aliphatic hydroxyl groups is 1. The van der Waals surface area contributed by atoms with Crippen LogP contribution in [0.5, 0.6) is 5.75 Å². The van der Waals surface area contributed by atoms with Gasteiger partial charge in [-0.05, 0) is 31.9 Å². The Labute approximate surface area is 107 Å². The SMILES string of the molecule is CCCC(Oc1cc(C)ccc1C(C)O)C(=O)O. The lowest BCUT2D eigenvalue weighted by atomic mass is 10.1. The first-order chi connectivity index (χ1) is 8.45. The van der Waals surface area contributed by atoms with Crippen molar-refractivity contribution in [3.05, 3.63) is 29.3 Å². The van der Waals surface area contributed by atoms with E-state index in [2.05, 4.69) is 0 Å². The molecule has 0 fully saturated rings. The van der Waals surface area contributed by atoms with Gasteiger partial charge in [0, 0.05) is 5.56 Å². The van der Waals surface area contributed by atoms with E-state index in [1.54, 1.807) is 19.1 Å². The van der Waals surface area contributed by atoms with Crippen LogP contribution in [0.2, 0.25) is 0 Å². The van der Waals surface area contributed by atoms with Gasteiger partial charge in [-0.3, -0.25) is 0 Å². The first-order valence-electron chi connectivity index (χ1n) is 6.13. The molecule has 1 aromatic rings. The molecular formula is C14H20O4. The molecule has 2 N–H and O–H groups in total. The lowest BCUT2D eigenvalue weighted by molar-refractivity contribution is -0.145. The summed E-state index contributed by atoms with van der Waals surface area (Å²) in [6, 6.07) is 5.39. The predicted octanol–water partition coefficient (Wildman–Crippen LogP) is 2.68. The van der Waals surface area contributed by atoms with Gasteiger partial charge in [0.2, 0.25) is 0 Å². The van der Waals surface area contributed by atoms with E-state index in [9.17, 15) is 9.90 Å². The lowest BCUT2D eigenvalue weighted by Crippen LogP contribution is -2.27. The third-order valence-corrected chi connectivity index (χ3v) is 2.71. The summed E-state index contributed by atoms with van der Waals surface area (Å²) in [6.45, 7) is 5.44. The van der Waals surface area contributed by atoms with E-state index < -0.39 is 18.2 Å². The van der Waals surface area contributed by atoms with E-state index >= 15 is 0 Å². The van der Waals surface area contributed by atoms with Crippen molar-refractivity contribution < 1.29 is 19.7 Å². The smallest absolute Gasteiger partial charge is 0.344 e. The first kappa shape index (κ1) is 14.5. The Hall–Kier alpha value is -1.55. The largest absolute Gasteiger partial charge is 0.479 e. The zero-order chi connectivity index (χ0) is 13.7. The van der Waals surface area contributed by atoms with Gasteiger partial charge in [-0.25, -0.2) is 4.79 Å². The monoisotopic (exact) mass is 252 g/mol. The van der Waals surface area contributed by atoms with Gasteiger partial charge in [0.25, 0.3) is 0 Å². The highest BCUT2D eigenvalue weighted by Gasteiger charge is 2.20.